The SMILES string of the molecule is Cc1cc(NCCC(C)C)n2nc(C(F)(F)F)c(-c3ccc(Cl)cc3)c2n1. The zero-order valence-corrected chi connectivity index (χ0v) is 16.0. The Balaban J connectivity index is 2.20. The van der Waals surface area contributed by atoms with Gasteiger partial charge in [-0.3, -0.25) is 0 Å². The number of benzene rings is 1. The molecule has 0 bridgehead atoms. The first kappa shape index (κ1) is 19.5. The monoisotopic (exact) mass is 396 g/mol. The fourth-order valence-corrected chi connectivity index (χ4v) is 2.96. The summed E-state index contributed by atoms with van der Waals surface area (Å²) in [6.07, 6.45) is -3.72. The Morgan fingerprint density at radius 3 is 2.44 bits per heavy atom. The van der Waals surface area contributed by atoms with E-state index in [-0.39, 0.29) is 11.2 Å². The number of halogens is 4. The molecule has 27 heavy (non-hydrogen) atoms. The van der Waals surface area contributed by atoms with Gasteiger partial charge in [0.15, 0.2) is 11.3 Å². The lowest BCUT2D eigenvalue weighted by atomic mass is 10.1. The zero-order valence-electron chi connectivity index (χ0n) is 15.2. The number of aryl methyl sites for hydroxylation is 1. The summed E-state index contributed by atoms with van der Waals surface area (Å²) in [5, 5.41) is 7.49. The highest BCUT2D eigenvalue weighted by molar-refractivity contribution is 6.30. The average molecular weight is 397 g/mol. The molecular weight excluding hydrogens is 377 g/mol. The van der Waals surface area contributed by atoms with Gasteiger partial charge in [0.1, 0.15) is 5.82 Å². The highest BCUT2D eigenvalue weighted by Gasteiger charge is 2.39. The Hall–Kier alpha value is -2.28. The van der Waals surface area contributed by atoms with E-state index in [1.807, 2.05) is 0 Å². The van der Waals surface area contributed by atoms with Crippen LogP contribution in [0.2, 0.25) is 5.02 Å². The molecule has 1 N–H and O–H groups in total. The topological polar surface area (TPSA) is 42.2 Å². The minimum Gasteiger partial charge on any atom is -0.370 e. The lowest BCUT2D eigenvalue weighted by Crippen LogP contribution is -2.11. The van der Waals surface area contributed by atoms with E-state index in [1.54, 1.807) is 37.3 Å². The van der Waals surface area contributed by atoms with Crippen molar-refractivity contribution < 1.29 is 13.2 Å². The van der Waals surface area contributed by atoms with E-state index in [2.05, 4.69) is 29.2 Å². The van der Waals surface area contributed by atoms with Crippen molar-refractivity contribution in [1.82, 2.24) is 14.6 Å². The quantitative estimate of drug-likeness (QED) is 0.589. The van der Waals surface area contributed by atoms with Crippen LogP contribution in [-0.4, -0.2) is 21.1 Å². The van der Waals surface area contributed by atoms with E-state index in [9.17, 15) is 13.2 Å². The van der Waals surface area contributed by atoms with Crippen LogP contribution in [0.1, 0.15) is 31.7 Å². The fourth-order valence-electron chi connectivity index (χ4n) is 2.83. The molecule has 1 aromatic carbocycles. The number of aromatic nitrogens is 3. The normalized spacial score (nSPS) is 12.1. The van der Waals surface area contributed by atoms with Crippen LogP contribution in [0.4, 0.5) is 19.0 Å². The number of anilines is 1. The number of hydrogen-bond acceptors (Lipinski definition) is 3. The Morgan fingerprint density at radius 2 is 1.85 bits per heavy atom. The molecule has 0 amide bonds. The summed E-state index contributed by atoms with van der Waals surface area (Å²) in [5.74, 6) is 0.966. The molecule has 0 aliphatic heterocycles. The Bertz CT molecular complexity index is 946. The predicted octanol–water partition coefficient (Wildman–Crippen LogP) is 5.83. The molecule has 0 radical (unpaired) electrons. The van der Waals surface area contributed by atoms with Crippen LogP contribution in [0.3, 0.4) is 0 Å². The van der Waals surface area contributed by atoms with Crippen LogP contribution in [0.15, 0.2) is 30.3 Å². The predicted molar refractivity (Wildman–Crippen MR) is 101 cm³/mol. The minimum absolute atomic E-state index is 0.0465. The van der Waals surface area contributed by atoms with Crippen molar-refractivity contribution in [3.63, 3.8) is 0 Å². The van der Waals surface area contributed by atoms with Gasteiger partial charge in [0.2, 0.25) is 0 Å². The summed E-state index contributed by atoms with van der Waals surface area (Å²) in [6, 6.07) is 7.90. The molecule has 144 valence electrons. The maximum atomic E-state index is 13.7. The third kappa shape index (κ3) is 4.18. The molecule has 3 aromatic rings. The summed E-state index contributed by atoms with van der Waals surface area (Å²) in [6.45, 7) is 6.56. The van der Waals surface area contributed by atoms with E-state index in [0.717, 1.165) is 6.42 Å². The Morgan fingerprint density at radius 1 is 1.19 bits per heavy atom. The van der Waals surface area contributed by atoms with E-state index < -0.39 is 11.9 Å². The Labute approximate surface area is 160 Å². The van der Waals surface area contributed by atoms with Crippen LogP contribution in [-0.2, 0) is 6.18 Å². The molecule has 2 heterocycles. The Kier molecular flexibility index (Phi) is 5.33. The molecule has 0 fully saturated rings. The summed E-state index contributed by atoms with van der Waals surface area (Å²) >= 11 is 5.89. The largest absolute Gasteiger partial charge is 0.435 e. The zero-order chi connectivity index (χ0) is 19.8. The number of nitrogens with zero attached hydrogens (tertiary/aromatic N) is 3. The first-order valence-corrected chi connectivity index (χ1v) is 9.02. The third-order valence-corrected chi connectivity index (χ3v) is 4.40. The second kappa shape index (κ2) is 7.38. The number of fused-ring (bicyclic) bond motifs is 1. The average Bonchev–Trinajstić information content (AvgIpc) is 2.95. The molecular formula is C19H20ClF3N4. The van der Waals surface area contributed by atoms with E-state index in [1.165, 1.54) is 4.52 Å². The molecule has 3 rings (SSSR count). The number of nitrogens with one attached hydrogen (secondary N) is 1. The van der Waals surface area contributed by atoms with E-state index in [4.69, 9.17) is 11.6 Å². The van der Waals surface area contributed by atoms with Gasteiger partial charge in [-0.2, -0.15) is 22.8 Å². The van der Waals surface area contributed by atoms with Gasteiger partial charge >= 0.3 is 6.18 Å². The third-order valence-electron chi connectivity index (χ3n) is 4.15. The molecule has 4 nitrogen and oxygen atoms in total. The van der Waals surface area contributed by atoms with Crippen molar-refractivity contribution >= 4 is 23.1 Å². The van der Waals surface area contributed by atoms with Crippen LogP contribution in [0, 0.1) is 12.8 Å². The lowest BCUT2D eigenvalue weighted by Gasteiger charge is -2.11. The molecule has 0 aliphatic rings. The van der Waals surface area contributed by atoms with Crippen LogP contribution in [0.25, 0.3) is 16.8 Å². The van der Waals surface area contributed by atoms with Gasteiger partial charge in [-0.05, 0) is 37.0 Å². The molecule has 2 aromatic heterocycles. The van der Waals surface area contributed by atoms with Crippen LogP contribution < -0.4 is 5.32 Å². The summed E-state index contributed by atoms with van der Waals surface area (Å²) in [4.78, 5) is 4.34. The van der Waals surface area contributed by atoms with Crippen molar-refractivity contribution in [2.45, 2.75) is 33.4 Å². The highest BCUT2D eigenvalue weighted by Crippen LogP contribution is 2.39. The lowest BCUT2D eigenvalue weighted by molar-refractivity contribution is -0.140. The summed E-state index contributed by atoms with van der Waals surface area (Å²) in [7, 11) is 0. The number of alkyl halides is 3. The number of hydrogen-bond donors (Lipinski definition) is 1. The minimum atomic E-state index is -4.61. The van der Waals surface area contributed by atoms with Crippen molar-refractivity contribution in [1.29, 1.82) is 0 Å². The highest BCUT2D eigenvalue weighted by atomic mass is 35.5. The van der Waals surface area contributed by atoms with Crippen molar-refractivity contribution in [3.05, 3.63) is 46.7 Å². The van der Waals surface area contributed by atoms with Gasteiger partial charge in [0.05, 0.1) is 5.56 Å². The van der Waals surface area contributed by atoms with Gasteiger partial charge in [-0.15, -0.1) is 0 Å². The molecule has 0 unspecified atom stereocenters. The fraction of sp³-hybridized carbons (Fsp3) is 0.368. The molecule has 0 saturated carbocycles. The second-order valence-electron chi connectivity index (χ2n) is 6.86. The van der Waals surface area contributed by atoms with Gasteiger partial charge in [0, 0.05) is 23.3 Å². The summed E-state index contributed by atoms with van der Waals surface area (Å²) < 4.78 is 42.3. The molecule has 8 heteroatoms. The smallest absolute Gasteiger partial charge is 0.370 e. The molecule has 0 aliphatic carbocycles. The first-order chi connectivity index (χ1) is 12.7. The van der Waals surface area contributed by atoms with Crippen molar-refractivity contribution in [3.8, 4) is 11.1 Å². The van der Waals surface area contributed by atoms with Gasteiger partial charge in [-0.1, -0.05) is 37.6 Å². The van der Waals surface area contributed by atoms with Crippen LogP contribution >= 0.6 is 11.6 Å². The number of rotatable bonds is 5. The van der Waals surface area contributed by atoms with Crippen LogP contribution in [0.5, 0.6) is 0 Å². The maximum absolute atomic E-state index is 13.7. The summed E-state index contributed by atoms with van der Waals surface area (Å²) in [5.41, 5.74) is 0.132. The van der Waals surface area contributed by atoms with Gasteiger partial charge < -0.3 is 5.32 Å². The van der Waals surface area contributed by atoms with Crippen molar-refractivity contribution in [2.24, 2.45) is 5.92 Å². The first-order valence-electron chi connectivity index (χ1n) is 8.64. The standard InChI is InChI=1S/C19H20ClF3N4/c1-11(2)8-9-24-15-10-12(3)25-18-16(13-4-6-14(20)7-5-13)17(19(21,22)23)26-27(15)18/h4-7,10-11,24H,8-9H2,1-3H3. The van der Waals surface area contributed by atoms with Gasteiger partial charge in [0.25, 0.3) is 0 Å². The van der Waals surface area contributed by atoms with Gasteiger partial charge in [-0.25, -0.2) is 4.98 Å². The second-order valence-corrected chi connectivity index (χ2v) is 7.29. The molecule has 0 spiro atoms. The van der Waals surface area contributed by atoms with E-state index in [0.29, 0.717) is 34.6 Å². The molecule has 0 saturated heterocycles. The van der Waals surface area contributed by atoms with E-state index >= 15 is 0 Å². The maximum Gasteiger partial charge on any atom is 0.435 e. The molecule has 0 atom stereocenters. The van der Waals surface area contributed by atoms with Crippen molar-refractivity contribution in [2.75, 3.05) is 11.9 Å².